The van der Waals surface area contributed by atoms with Gasteiger partial charge in [0, 0.05) is 61.8 Å². The first-order chi connectivity index (χ1) is 23.8. The number of para-hydroxylation sites is 4. The summed E-state index contributed by atoms with van der Waals surface area (Å²) in [6.45, 7) is 0. The molecule has 1 aliphatic carbocycles. The molecule has 3 aromatic heterocycles. The Labute approximate surface area is 275 Å². The van der Waals surface area contributed by atoms with Gasteiger partial charge in [-0.25, -0.2) is 0 Å². The van der Waals surface area contributed by atoms with E-state index < -0.39 is 0 Å². The molecular weight excluding hydrogens is 585 g/mol. The summed E-state index contributed by atoms with van der Waals surface area (Å²) in [7, 11) is 0. The summed E-state index contributed by atoms with van der Waals surface area (Å²) in [5, 5.41) is 7.43. The van der Waals surface area contributed by atoms with Gasteiger partial charge in [-0.05, 0) is 59.0 Å². The molecule has 0 aliphatic heterocycles. The number of hydrogen-bond donors (Lipinski definition) is 0. The normalized spacial score (nSPS) is 12.2. The quantitative estimate of drug-likeness (QED) is 0.199. The van der Waals surface area contributed by atoms with Crippen LogP contribution in [0.25, 0.3) is 99.4 Å². The Bertz CT molecular complexity index is 2690. The summed E-state index contributed by atoms with van der Waals surface area (Å²) in [6.07, 6.45) is 3.58. The number of hydrogen-bond acceptors (Lipinski definition) is 2. The van der Waals surface area contributed by atoms with E-state index in [1.807, 2.05) is 0 Å². The van der Waals surface area contributed by atoms with E-state index in [-0.39, 0.29) is 0 Å². The summed E-state index contributed by atoms with van der Waals surface area (Å²) in [6, 6.07) is 53.1. The molecule has 3 heterocycles. The van der Waals surface area contributed by atoms with Gasteiger partial charge < -0.3 is 9.13 Å². The molecule has 0 N–H and O–H groups in total. The highest BCUT2D eigenvalue weighted by atomic mass is 15.0. The zero-order valence-corrected chi connectivity index (χ0v) is 25.8. The lowest BCUT2D eigenvalue weighted by Gasteiger charge is -2.17. The molecule has 222 valence electrons. The number of nitrogens with zero attached hydrogens (tertiary/aromatic N) is 4. The van der Waals surface area contributed by atoms with Crippen molar-refractivity contribution in [3.63, 3.8) is 0 Å². The first kappa shape index (κ1) is 25.6. The third kappa shape index (κ3) is 3.38. The van der Waals surface area contributed by atoms with Crippen LogP contribution in [0.4, 0.5) is 0 Å². The lowest BCUT2D eigenvalue weighted by molar-refractivity contribution is 1.13. The predicted molar refractivity (Wildman–Crippen MR) is 198 cm³/mol. The van der Waals surface area contributed by atoms with Gasteiger partial charge in [0.25, 0.3) is 0 Å². The Morgan fingerprint density at radius 2 is 0.771 bits per heavy atom. The van der Waals surface area contributed by atoms with E-state index >= 15 is 0 Å². The Morgan fingerprint density at radius 3 is 1.27 bits per heavy atom. The Kier molecular flexibility index (Phi) is 5.08. The summed E-state index contributed by atoms with van der Waals surface area (Å²) in [5.74, 6) is 0. The maximum absolute atomic E-state index is 4.74. The number of aromatic nitrogens is 4. The minimum atomic E-state index is 0.959. The van der Waals surface area contributed by atoms with Crippen LogP contribution in [0.1, 0.15) is 0 Å². The van der Waals surface area contributed by atoms with E-state index in [4.69, 9.17) is 9.97 Å². The van der Waals surface area contributed by atoms with Crippen molar-refractivity contribution < 1.29 is 0 Å². The fourth-order valence-corrected chi connectivity index (χ4v) is 8.20. The largest absolute Gasteiger partial charge is 0.309 e. The van der Waals surface area contributed by atoms with Gasteiger partial charge in [0.2, 0.25) is 0 Å². The summed E-state index contributed by atoms with van der Waals surface area (Å²) >= 11 is 0. The third-order valence-corrected chi connectivity index (χ3v) is 10.1. The fourth-order valence-electron chi connectivity index (χ4n) is 8.20. The van der Waals surface area contributed by atoms with E-state index in [1.165, 1.54) is 59.9 Å². The minimum absolute atomic E-state index is 0.959. The zero-order valence-electron chi connectivity index (χ0n) is 25.8. The Balaban J connectivity index is 1.27. The topological polar surface area (TPSA) is 35.6 Å². The highest BCUT2D eigenvalue weighted by Crippen LogP contribution is 2.48. The van der Waals surface area contributed by atoms with Gasteiger partial charge in [0.15, 0.2) is 0 Å². The molecule has 10 aromatic rings. The molecule has 0 amide bonds. The summed E-state index contributed by atoms with van der Waals surface area (Å²) in [5.41, 5.74) is 13.6. The van der Waals surface area contributed by atoms with Crippen molar-refractivity contribution in [1.82, 2.24) is 19.1 Å². The molecular formula is C44H26N4. The van der Waals surface area contributed by atoms with Gasteiger partial charge in [-0.2, -0.15) is 0 Å². The van der Waals surface area contributed by atoms with Crippen molar-refractivity contribution in [2.75, 3.05) is 0 Å². The molecule has 11 rings (SSSR count). The van der Waals surface area contributed by atoms with Crippen molar-refractivity contribution in [1.29, 1.82) is 0 Å². The Hall–Kier alpha value is -6.52. The van der Waals surface area contributed by atoms with E-state index in [0.717, 1.165) is 39.5 Å². The molecule has 0 atom stereocenters. The van der Waals surface area contributed by atoms with Gasteiger partial charge in [0.05, 0.1) is 33.5 Å². The van der Waals surface area contributed by atoms with Crippen molar-refractivity contribution in [3.05, 3.63) is 158 Å². The van der Waals surface area contributed by atoms with Crippen LogP contribution in [0.2, 0.25) is 0 Å². The molecule has 0 saturated heterocycles. The molecule has 0 saturated carbocycles. The van der Waals surface area contributed by atoms with E-state index in [1.54, 1.807) is 12.4 Å². The van der Waals surface area contributed by atoms with E-state index in [9.17, 15) is 0 Å². The summed E-state index contributed by atoms with van der Waals surface area (Å²) < 4.78 is 4.85. The molecule has 4 nitrogen and oxygen atoms in total. The molecule has 0 spiro atoms. The number of fused-ring (bicyclic) bond motifs is 9. The zero-order chi connectivity index (χ0) is 31.3. The second-order valence-electron chi connectivity index (χ2n) is 12.6. The predicted octanol–water partition coefficient (Wildman–Crippen LogP) is 11.1. The second-order valence-corrected chi connectivity index (χ2v) is 12.6. The molecule has 0 bridgehead atoms. The SMILES string of the molecule is c1cc2c3c(ccc(-c4cc(-n5c6ccccc6c6ccccc65)cc(-n5c6ccccc6c6ccccc65)c4)c3c1)-c1nccnc1-2. The van der Waals surface area contributed by atoms with Gasteiger partial charge in [0.1, 0.15) is 0 Å². The van der Waals surface area contributed by atoms with Gasteiger partial charge in [-0.1, -0.05) is 103 Å². The van der Waals surface area contributed by atoms with Crippen molar-refractivity contribution in [2.24, 2.45) is 0 Å². The first-order valence-corrected chi connectivity index (χ1v) is 16.3. The third-order valence-electron chi connectivity index (χ3n) is 10.1. The van der Waals surface area contributed by atoms with E-state index in [0.29, 0.717) is 0 Å². The second kappa shape index (κ2) is 9.50. The highest BCUT2D eigenvalue weighted by Gasteiger charge is 2.25. The van der Waals surface area contributed by atoms with Crippen LogP contribution < -0.4 is 0 Å². The van der Waals surface area contributed by atoms with Gasteiger partial charge in [-0.15, -0.1) is 0 Å². The van der Waals surface area contributed by atoms with Gasteiger partial charge in [-0.3, -0.25) is 9.97 Å². The maximum atomic E-state index is 4.74. The van der Waals surface area contributed by atoms with Gasteiger partial charge >= 0.3 is 0 Å². The average molecular weight is 611 g/mol. The number of rotatable bonds is 3. The standard InChI is InChI=1S/C44H26N4/c1-5-16-38-31(10-1)32-11-2-6-17-39(32)47(38)28-24-27(25-29(26-28)48-40-18-7-3-12-33(40)34-13-4-8-19-41(34)48)30-20-21-37-42-35(30)14-9-15-36(42)43-44(37)46-23-22-45-43/h1-26H. The number of benzene rings is 7. The lowest BCUT2D eigenvalue weighted by atomic mass is 9.94. The van der Waals surface area contributed by atoms with Crippen LogP contribution in [0.3, 0.4) is 0 Å². The molecule has 4 heteroatoms. The van der Waals surface area contributed by atoms with Crippen molar-refractivity contribution >= 4 is 54.4 Å². The van der Waals surface area contributed by atoms with Crippen LogP contribution in [-0.4, -0.2) is 19.1 Å². The monoisotopic (exact) mass is 610 g/mol. The smallest absolute Gasteiger partial charge is 0.0971 e. The molecule has 48 heavy (non-hydrogen) atoms. The maximum Gasteiger partial charge on any atom is 0.0971 e. The molecule has 7 aromatic carbocycles. The molecule has 0 unspecified atom stereocenters. The summed E-state index contributed by atoms with van der Waals surface area (Å²) in [4.78, 5) is 9.49. The van der Waals surface area contributed by atoms with Crippen LogP contribution in [-0.2, 0) is 0 Å². The van der Waals surface area contributed by atoms with E-state index in [2.05, 4.69) is 155 Å². The highest BCUT2D eigenvalue weighted by molar-refractivity contribution is 6.17. The fraction of sp³-hybridized carbons (Fsp3) is 0. The Morgan fingerprint density at radius 1 is 0.354 bits per heavy atom. The van der Waals surface area contributed by atoms with Crippen LogP contribution >= 0.6 is 0 Å². The van der Waals surface area contributed by atoms with Crippen LogP contribution in [0, 0.1) is 0 Å². The average Bonchev–Trinajstić information content (AvgIpc) is 3.79. The minimum Gasteiger partial charge on any atom is -0.309 e. The van der Waals surface area contributed by atoms with Crippen LogP contribution in [0.5, 0.6) is 0 Å². The molecule has 1 aliphatic rings. The van der Waals surface area contributed by atoms with Crippen molar-refractivity contribution in [3.8, 4) is 45.0 Å². The van der Waals surface area contributed by atoms with Crippen LogP contribution in [0.15, 0.2) is 158 Å². The molecule has 0 radical (unpaired) electrons. The van der Waals surface area contributed by atoms with Crippen molar-refractivity contribution in [2.45, 2.75) is 0 Å². The molecule has 0 fully saturated rings. The lowest BCUT2D eigenvalue weighted by Crippen LogP contribution is -2.00. The first-order valence-electron chi connectivity index (χ1n) is 16.3.